The Hall–Kier alpha value is -2.56. The van der Waals surface area contributed by atoms with Crippen molar-refractivity contribution < 1.29 is 8.81 Å². The Balaban J connectivity index is 1.94. The summed E-state index contributed by atoms with van der Waals surface area (Å²) in [6.45, 7) is 1.71. The highest BCUT2D eigenvalue weighted by atomic mass is 19.1. The molecule has 2 aromatic carbocycles. The van der Waals surface area contributed by atoms with Crippen LogP contribution in [0.3, 0.4) is 0 Å². The Bertz CT molecular complexity index is 752. The summed E-state index contributed by atoms with van der Waals surface area (Å²) >= 11 is 0. The summed E-state index contributed by atoms with van der Waals surface area (Å²) in [5, 5.41) is 2.92. The molecule has 0 aliphatic heterocycles. The van der Waals surface area contributed by atoms with Crippen LogP contribution in [0, 0.1) is 12.7 Å². The van der Waals surface area contributed by atoms with Crippen molar-refractivity contribution in [1.29, 1.82) is 0 Å². The van der Waals surface area contributed by atoms with E-state index in [1.807, 2.05) is 0 Å². The topological polar surface area (TPSA) is 64.1 Å². The summed E-state index contributed by atoms with van der Waals surface area (Å²) in [4.78, 5) is 4.24. The molecule has 0 atom stereocenters. The summed E-state index contributed by atoms with van der Waals surface area (Å²) in [5.74, 6) is -0.273. The lowest BCUT2D eigenvalue weighted by atomic mass is 10.2. The first-order valence-corrected chi connectivity index (χ1v) is 5.81. The van der Waals surface area contributed by atoms with Gasteiger partial charge < -0.3 is 15.5 Å². The molecule has 0 fully saturated rings. The van der Waals surface area contributed by atoms with E-state index in [-0.39, 0.29) is 5.82 Å². The van der Waals surface area contributed by atoms with Crippen molar-refractivity contribution in [2.75, 3.05) is 11.1 Å². The van der Waals surface area contributed by atoms with Crippen molar-refractivity contribution >= 4 is 28.5 Å². The molecular weight excluding hydrogens is 245 g/mol. The van der Waals surface area contributed by atoms with Crippen LogP contribution in [-0.4, -0.2) is 4.98 Å². The molecule has 0 saturated carbocycles. The number of nitrogens with zero attached hydrogens (tertiary/aromatic N) is 1. The van der Waals surface area contributed by atoms with Crippen molar-refractivity contribution in [2.24, 2.45) is 0 Å². The van der Waals surface area contributed by atoms with E-state index in [0.717, 1.165) is 0 Å². The van der Waals surface area contributed by atoms with Crippen LogP contribution in [0.25, 0.3) is 11.1 Å². The fourth-order valence-corrected chi connectivity index (χ4v) is 1.79. The summed E-state index contributed by atoms with van der Waals surface area (Å²) in [5.41, 5.74) is 8.76. The van der Waals surface area contributed by atoms with Gasteiger partial charge in [-0.25, -0.2) is 4.39 Å². The van der Waals surface area contributed by atoms with E-state index in [9.17, 15) is 4.39 Å². The maximum atomic E-state index is 13.4. The molecule has 4 nitrogen and oxygen atoms in total. The first-order chi connectivity index (χ1) is 9.11. The number of oxazole rings is 1. The number of aromatic nitrogens is 1. The lowest BCUT2D eigenvalue weighted by Gasteiger charge is -2.02. The number of aryl methyl sites for hydroxylation is 1. The van der Waals surface area contributed by atoms with Crippen molar-refractivity contribution in [3.63, 3.8) is 0 Å². The normalized spacial score (nSPS) is 10.8. The average molecular weight is 257 g/mol. The van der Waals surface area contributed by atoms with Gasteiger partial charge in [0.25, 0.3) is 6.01 Å². The van der Waals surface area contributed by atoms with E-state index < -0.39 is 0 Å². The number of halogens is 1. The zero-order valence-electron chi connectivity index (χ0n) is 10.3. The van der Waals surface area contributed by atoms with E-state index in [1.165, 1.54) is 6.07 Å². The molecule has 19 heavy (non-hydrogen) atoms. The van der Waals surface area contributed by atoms with Crippen molar-refractivity contribution in [2.45, 2.75) is 6.92 Å². The number of nitrogen functional groups attached to an aromatic ring is 1. The van der Waals surface area contributed by atoms with Gasteiger partial charge >= 0.3 is 0 Å². The first-order valence-electron chi connectivity index (χ1n) is 5.81. The van der Waals surface area contributed by atoms with Gasteiger partial charge in [-0.1, -0.05) is 6.07 Å². The highest BCUT2D eigenvalue weighted by Crippen LogP contribution is 2.24. The van der Waals surface area contributed by atoms with Gasteiger partial charge in [-0.05, 0) is 42.8 Å². The summed E-state index contributed by atoms with van der Waals surface area (Å²) in [6.07, 6.45) is 0. The minimum absolute atomic E-state index is 0.273. The third-order valence-electron chi connectivity index (χ3n) is 2.83. The number of hydrogen-bond donors (Lipinski definition) is 2. The van der Waals surface area contributed by atoms with Crippen molar-refractivity contribution in [3.05, 3.63) is 47.8 Å². The van der Waals surface area contributed by atoms with Crippen LogP contribution in [0.4, 0.5) is 21.8 Å². The standard InChI is InChI=1S/C14H12FN3O/c1-8-2-4-10(7-11(8)15)17-14-18-12-6-9(16)3-5-13(12)19-14/h2-7H,16H2,1H3,(H,17,18). The lowest BCUT2D eigenvalue weighted by molar-refractivity contribution is 0.615. The predicted octanol–water partition coefficient (Wildman–Crippen LogP) is 3.60. The minimum atomic E-state index is -0.273. The fraction of sp³-hybridized carbons (Fsp3) is 0.0714. The molecule has 5 heteroatoms. The largest absolute Gasteiger partial charge is 0.423 e. The van der Waals surface area contributed by atoms with Crippen molar-refractivity contribution in [3.8, 4) is 0 Å². The highest BCUT2D eigenvalue weighted by molar-refractivity contribution is 5.78. The molecule has 0 unspecified atom stereocenters. The Morgan fingerprint density at radius 3 is 2.84 bits per heavy atom. The SMILES string of the molecule is Cc1ccc(Nc2nc3cc(N)ccc3o2)cc1F. The predicted molar refractivity (Wildman–Crippen MR) is 72.8 cm³/mol. The molecule has 3 rings (SSSR count). The van der Waals surface area contributed by atoms with Gasteiger partial charge in [0.2, 0.25) is 0 Å². The first kappa shape index (κ1) is 11.5. The van der Waals surface area contributed by atoms with Gasteiger partial charge in [-0.3, -0.25) is 0 Å². The molecule has 0 radical (unpaired) electrons. The second-order valence-electron chi connectivity index (χ2n) is 4.34. The third-order valence-corrected chi connectivity index (χ3v) is 2.83. The van der Waals surface area contributed by atoms with E-state index >= 15 is 0 Å². The number of rotatable bonds is 2. The lowest BCUT2D eigenvalue weighted by Crippen LogP contribution is -1.92. The third kappa shape index (κ3) is 2.22. The Labute approximate surface area is 109 Å². The van der Waals surface area contributed by atoms with Crippen LogP contribution in [0.15, 0.2) is 40.8 Å². The van der Waals surface area contributed by atoms with Gasteiger partial charge in [0, 0.05) is 11.4 Å². The van der Waals surface area contributed by atoms with Crippen LogP contribution >= 0.6 is 0 Å². The summed E-state index contributed by atoms with van der Waals surface area (Å²) < 4.78 is 18.9. The molecule has 3 N–H and O–H groups in total. The Morgan fingerprint density at radius 2 is 2.05 bits per heavy atom. The molecule has 1 aromatic heterocycles. The van der Waals surface area contributed by atoms with Crippen LogP contribution in [0.5, 0.6) is 0 Å². The molecular formula is C14H12FN3O. The van der Waals surface area contributed by atoms with Crippen LogP contribution in [-0.2, 0) is 0 Å². The highest BCUT2D eigenvalue weighted by Gasteiger charge is 2.07. The molecule has 1 heterocycles. The van der Waals surface area contributed by atoms with Crippen LogP contribution in [0.1, 0.15) is 5.56 Å². The molecule has 0 aliphatic carbocycles. The molecule has 3 aromatic rings. The van der Waals surface area contributed by atoms with Gasteiger partial charge in [-0.2, -0.15) is 4.98 Å². The molecule has 0 bridgehead atoms. The smallest absolute Gasteiger partial charge is 0.300 e. The van der Waals surface area contributed by atoms with E-state index in [4.69, 9.17) is 10.2 Å². The zero-order valence-corrected chi connectivity index (χ0v) is 10.3. The number of hydrogen-bond acceptors (Lipinski definition) is 4. The number of benzene rings is 2. The number of anilines is 3. The molecule has 0 aliphatic rings. The van der Waals surface area contributed by atoms with E-state index in [2.05, 4.69) is 10.3 Å². The molecule has 96 valence electrons. The fourth-order valence-electron chi connectivity index (χ4n) is 1.79. The zero-order chi connectivity index (χ0) is 13.4. The Kier molecular flexibility index (Phi) is 2.59. The minimum Gasteiger partial charge on any atom is -0.423 e. The van der Waals surface area contributed by atoms with E-state index in [1.54, 1.807) is 37.3 Å². The van der Waals surface area contributed by atoms with Gasteiger partial charge in [-0.15, -0.1) is 0 Å². The van der Waals surface area contributed by atoms with Crippen LogP contribution < -0.4 is 11.1 Å². The number of nitrogens with two attached hydrogens (primary N) is 1. The second-order valence-corrected chi connectivity index (χ2v) is 4.34. The van der Waals surface area contributed by atoms with Crippen LogP contribution in [0.2, 0.25) is 0 Å². The van der Waals surface area contributed by atoms with Gasteiger partial charge in [0.15, 0.2) is 5.58 Å². The molecule has 0 saturated heterocycles. The average Bonchev–Trinajstić information content (AvgIpc) is 2.75. The van der Waals surface area contributed by atoms with Crippen molar-refractivity contribution in [1.82, 2.24) is 4.98 Å². The monoisotopic (exact) mass is 257 g/mol. The number of nitrogens with one attached hydrogen (secondary N) is 1. The second kappa shape index (κ2) is 4.28. The quantitative estimate of drug-likeness (QED) is 0.688. The van der Waals surface area contributed by atoms with Gasteiger partial charge in [0.05, 0.1) is 0 Å². The summed E-state index contributed by atoms with van der Waals surface area (Å²) in [7, 11) is 0. The van der Waals surface area contributed by atoms with E-state index in [0.29, 0.717) is 34.1 Å². The molecule has 0 amide bonds. The molecule has 0 spiro atoms. The number of fused-ring (bicyclic) bond motifs is 1. The van der Waals surface area contributed by atoms with Gasteiger partial charge in [0.1, 0.15) is 11.3 Å². The maximum absolute atomic E-state index is 13.4. The maximum Gasteiger partial charge on any atom is 0.300 e. The Morgan fingerprint density at radius 1 is 1.21 bits per heavy atom. The summed E-state index contributed by atoms with van der Waals surface area (Å²) in [6, 6.07) is 10.4.